The molecule has 2 N–H and O–H groups in total. The minimum Gasteiger partial charge on any atom is -0.375 e. The van der Waals surface area contributed by atoms with Crippen molar-refractivity contribution < 1.29 is 19.1 Å². The Balaban J connectivity index is 1.58. The van der Waals surface area contributed by atoms with E-state index in [9.17, 15) is 9.59 Å². The van der Waals surface area contributed by atoms with Gasteiger partial charge in [-0.15, -0.1) is 20.4 Å². The molecule has 204 valence electrons. The Morgan fingerprint density at radius 3 is 2.19 bits per heavy atom. The van der Waals surface area contributed by atoms with Gasteiger partial charge in [-0.3, -0.25) is 14.6 Å². The number of nitrogens with zero attached hydrogens (tertiary/aromatic N) is 5. The van der Waals surface area contributed by atoms with Crippen LogP contribution in [-0.2, 0) is 19.1 Å². The fraction of sp³-hybridized carbons (Fsp3) is 0.654. The fourth-order valence-electron chi connectivity index (χ4n) is 3.54. The van der Waals surface area contributed by atoms with E-state index in [4.69, 9.17) is 9.47 Å². The highest BCUT2D eigenvalue weighted by Gasteiger charge is 2.22. The second kappa shape index (κ2) is 14.6. The quantitative estimate of drug-likeness (QED) is 0.320. The molecule has 2 heterocycles. The first-order chi connectivity index (χ1) is 17.5. The van der Waals surface area contributed by atoms with Gasteiger partial charge in [-0.05, 0) is 66.0 Å². The molecule has 2 aromatic heterocycles. The van der Waals surface area contributed by atoms with Crippen molar-refractivity contribution >= 4 is 17.5 Å². The van der Waals surface area contributed by atoms with Gasteiger partial charge in [0.25, 0.3) is 0 Å². The Morgan fingerprint density at radius 2 is 1.54 bits per heavy atom. The van der Waals surface area contributed by atoms with Crippen molar-refractivity contribution in [2.45, 2.75) is 91.3 Å². The second-order valence-electron chi connectivity index (χ2n) is 10.2. The lowest BCUT2D eigenvalue weighted by Gasteiger charge is -2.29. The molecule has 2 rings (SSSR count). The number of carbonyl (C=O) groups excluding carboxylic acids is 2. The van der Waals surface area contributed by atoms with Gasteiger partial charge in [-0.2, -0.15) is 0 Å². The van der Waals surface area contributed by atoms with Crippen LogP contribution in [0.2, 0.25) is 0 Å². The first-order valence-corrected chi connectivity index (χ1v) is 12.8. The Bertz CT molecular complexity index is 979. The summed E-state index contributed by atoms with van der Waals surface area (Å²) in [5.74, 6) is 0.489. The van der Waals surface area contributed by atoms with Gasteiger partial charge in [0.05, 0.1) is 36.3 Å². The minimum atomic E-state index is -0.334. The molecule has 37 heavy (non-hydrogen) atoms. The largest absolute Gasteiger partial charge is 0.375 e. The maximum atomic E-state index is 12.2. The molecule has 0 atom stereocenters. The van der Waals surface area contributed by atoms with Crippen LogP contribution in [0.4, 0.5) is 5.69 Å². The van der Waals surface area contributed by atoms with E-state index in [1.54, 1.807) is 19.1 Å². The molecule has 11 nitrogen and oxygen atoms in total. The van der Waals surface area contributed by atoms with Crippen LogP contribution >= 0.6 is 0 Å². The molecule has 0 saturated heterocycles. The first-order valence-electron chi connectivity index (χ1n) is 12.8. The van der Waals surface area contributed by atoms with E-state index in [2.05, 4.69) is 56.8 Å². The monoisotopic (exact) mass is 515 g/mol. The third kappa shape index (κ3) is 12.2. The van der Waals surface area contributed by atoms with Crippen molar-refractivity contribution in [1.29, 1.82) is 0 Å². The zero-order valence-electron chi connectivity index (χ0n) is 23.0. The van der Waals surface area contributed by atoms with Gasteiger partial charge < -0.3 is 20.1 Å². The maximum absolute atomic E-state index is 12.2. The number of rotatable bonds is 16. The van der Waals surface area contributed by atoms with E-state index in [1.165, 1.54) is 6.20 Å². The number of aryl methyl sites for hydroxylation is 1. The number of pyridine rings is 1. The number of amides is 2. The van der Waals surface area contributed by atoms with Gasteiger partial charge in [-0.25, -0.2) is 0 Å². The Labute approximate surface area is 219 Å². The number of hydrogen-bond acceptors (Lipinski definition) is 9. The highest BCUT2D eigenvalue weighted by Crippen LogP contribution is 2.20. The smallest absolute Gasteiger partial charge is 0.224 e. The number of hydrogen-bond donors (Lipinski definition) is 2. The van der Waals surface area contributed by atoms with Gasteiger partial charge in [0.15, 0.2) is 5.82 Å². The Hall–Kier alpha value is -3.05. The van der Waals surface area contributed by atoms with Crippen LogP contribution in [0.5, 0.6) is 0 Å². The molecular weight excluding hydrogens is 474 g/mol. The third-order valence-corrected chi connectivity index (χ3v) is 5.63. The summed E-state index contributed by atoms with van der Waals surface area (Å²) >= 11 is 0. The lowest BCUT2D eigenvalue weighted by molar-refractivity contribution is -0.122. The average molecular weight is 516 g/mol. The topological polar surface area (TPSA) is 141 Å². The van der Waals surface area contributed by atoms with E-state index in [0.29, 0.717) is 49.2 Å². The number of carbonyl (C=O) groups is 2. The first kappa shape index (κ1) is 30.2. The van der Waals surface area contributed by atoms with Crippen molar-refractivity contribution in [2.24, 2.45) is 0 Å². The SMILES string of the molecule is CCCC(C)(C)OCCC(C)(C)OCCNC(=O)CCCC(=O)Nc1ccc(-c2nnc(C)nn2)nc1. The highest BCUT2D eigenvalue weighted by atomic mass is 16.5. The van der Waals surface area contributed by atoms with E-state index < -0.39 is 0 Å². The molecule has 2 amide bonds. The molecule has 0 unspecified atom stereocenters. The summed E-state index contributed by atoms with van der Waals surface area (Å²) in [5, 5.41) is 21.2. The van der Waals surface area contributed by atoms with Gasteiger partial charge in [0.1, 0.15) is 5.69 Å². The molecule has 0 bridgehead atoms. The van der Waals surface area contributed by atoms with Crippen LogP contribution in [0.1, 0.15) is 79.0 Å². The van der Waals surface area contributed by atoms with Crippen LogP contribution < -0.4 is 10.6 Å². The molecule has 0 aliphatic carbocycles. The molecule has 0 aliphatic rings. The molecule has 0 fully saturated rings. The lowest BCUT2D eigenvalue weighted by atomic mass is 10.0. The van der Waals surface area contributed by atoms with Crippen LogP contribution in [-0.4, -0.2) is 68.2 Å². The van der Waals surface area contributed by atoms with Crippen LogP contribution in [0.15, 0.2) is 18.3 Å². The molecule has 0 radical (unpaired) electrons. The number of ether oxygens (including phenoxy) is 2. The molecule has 2 aromatic rings. The second-order valence-corrected chi connectivity index (χ2v) is 10.2. The van der Waals surface area contributed by atoms with E-state index >= 15 is 0 Å². The summed E-state index contributed by atoms with van der Waals surface area (Å²) in [6.45, 7) is 13.6. The van der Waals surface area contributed by atoms with E-state index in [-0.39, 0.29) is 35.9 Å². The summed E-state index contributed by atoms with van der Waals surface area (Å²) in [6, 6.07) is 3.39. The van der Waals surface area contributed by atoms with Crippen molar-refractivity contribution in [3.8, 4) is 11.5 Å². The number of aromatic nitrogens is 5. The van der Waals surface area contributed by atoms with E-state index in [1.807, 2.05) is 13.8 Å². The molecule has 11 heteroatoms. The molecule has 0 saturated carbocycles. The summed E-state index contributed by atoms with van der Waals surface area (Å²) < 4.78 is 11.9. The van der Waals surface area contributed by atoms with Gasteiger partial charge in [-0.1, -0.05) is 13.3 Å². The predicted molar refractivity (Wildman–Crippen MR) is 141 cm³/mol. The fourth-order valence-corrected chi connectivity index (χ4v) is 3.54. The van der Waals surface area contributed by atoms with Crippen molar-refractivity contribution in [1.82, 2.24) is 30.7 Å². The van der Waals surface area contributed by atoms with E-state index in [0.717, 1.165) is 19.3 Å². The summed E-state index contributed by atoms with van der Waals surface area (Å²) in [4.78, 5) is 28.5. The van der Waals surface area contributed by atoms with Gasteiger partial charge in [0.2, 0.25) is 17.6 Å². The number of anilines is 1. The van der Waals surface area contributed by atoms with Crippen LogP contribution in [0, 0.1) is 6.92 Å². The molecular formula is C26H41N7O4. The lowest BCUT2D eigenvalue weighted by Crippen LogP contribution is -2.34. The highest BCUT2D eigenvalue weighted by molar-refractivity contribution is 5.90. The zero-order chi connectivity index (χ0) is 27.3. The third-order valence-electron chi connectivity index (χ3n) is 5.63. The van der Waals surface area contributed by atoms with Crippen LogP contribution in [0.25, 0.3) is 11.5 Å². The van der Waals surface area contributed by atoms with Crippen LogP contribution in [0.3, 0.4) is 0 Å². The van der Waals surface area contributed by atoms with Crippen molar-refractivity contribution in [3.63, 3.8) is 0 Å². The molecule has 0 aromatic carbocycles. The molecule has 0 aliphatic heterocycles. The number of nitrogens with one attached hydrogen (secondary N) is 2. The summed E-state index contributed by atoms with van der Waals surface area (Å²) in [5.41, 5.74) is 0.597. The van der Waals surface area contributed by atoms with Crippen molar-refractivity contribution in [2.75, 3.05) is 25.1 Å². The normalized spacial score (nSPS) is 11.8. The zero-order valence-corrected chi connectivity index (χ0v) is 23.0. The Kier molecular flexibility index (Phi) is 11.9. The average Bonchev–Trinajstić information content (AvgIpc) is 2.82. The van der Waals surface area contributed by atoms with Gasteiger partial charge >= 0.3 is 0 Å². The van der Waals surface area contributed by atoms with Crippen molar-refractivity contribution in [3.05, 3.63) is 24.2 Å². The Morgan fingerprint density at radius 1 is 0.892 bits per heavy atom. The molecule has 0 spiro atoms. The maximum Gasteiger partial charge on any atom is 0.224 e. The predicted octanol–water partition coefficient (Wildman–Crippen LogP) is 3.64. The minimum absolute atomic E-state index is 0.106. The summed E-state index contributed by atoms with van der Waals surface area (Å²) in [6.07, 6.45) is 5.32. The summed E-state index contributed by atoms with van der Waals surface area (Å²) in [7, 11) is 0. The van der Waals surface area contributed by atoms with Gasteiger partial charge in [0, 0.05) is 19.4 Å². The standard InChI is InChI=1S/C26H41N7O4/c1-7-13-25(3,4)36-16-14-26(5,6)37-17-15-27-22(34)9-8-10-23(35)29-20-11-12-21(28-18-20)24-32-30-19(2)31-33-24/h11-12,18H,7-10,13-17H2,1-6H3,(H,27,34)(H,29,35).